The third-order valence-electron chi connectivity index (χ3n) is 5.21. The minimum absolute atomic E-state index is 0.0767. The van der Waals surface area contributed by atoms with Gasteiger partial charge in [-0.15, -0.1) is 0 Å². The normalized spacial score (nSPS) is 11.9. The van der Waals surface area contributed by atoms with E-state index in [1.165, 1.54) is 12.1 Å². The van der Waals surface area contributed by atoms with Crippen molar-refractivity contribution in [3.05, 3.63) is 80.2 Å². The quantitative estimate of drug-likeness (QED) is 0.544. The third-order valence-corrected chi connectivity index (χ3v) is 7.46. The molecule has 6 nitrogen and oxygen atoms in total. The SMILES string of the molecule is Cc1c(C(C)C)c(=O)n(-c2ccc(S(=O)(=O)NCCc3ccccc3Br)cc2)n1C. The average Bonchev–Trinajstić information content (AvgIpc) is 2.92. The van der Waals surface area contributed by atoms with Crippen LogP contribution in [0.3, 0.4) is 0 Å². The van der Waals surface area contributed by atoms with E-state index < -0.39 is 10.0 Å². The van der Waals surface area contributed by atoms with Gasteiger partial charge in [-0.1, -0.05) is 48.0 Å². The van der Waals surface area contributed by atoms with Crippen LogP contribution in [-0.2, 0) is 23.5 Å². The number of hydrogen-bond donors (Lipinski definition) is 1. The predicted molar refractivity (Wildman–Crippen MR) is 123 cm³/mol. The van der Waals surface area contributed by atoms with E-state index in [1.54, 1.807) is 21.5 Å². The van der Waals surface area contributed by atoms with Gasteiger partial charge in [0.1, 0.15) is 0 Å². The molecule has 3 rings (SSSR count). The van der Waals surface area contributed by atoms with Crippen LogP contribution in [0.2, 0.25) is 0 Å². The lowest BCUT2D eigenvalue weighted by Crippen LogP contribution is -2.26. The van der Waals surface area contributed by atoms with Gasteiger partial charge in [0, 0.05) is 29.3 Å². The van der Waals surface area contributed by atoms with Crippen LogP contribution in [0, 0.1) is 6.92 Å². The topological polar surface area (TPSA) is 73.1 Å². The standard InChI is InChI=1S/C22H26BrN3O3S/c1-15(2)21-16(3)25(4)26(22(21)27)18-9-11-19(12-10-18)30(28,29)24-14-13-17-7-5-6-8-20(17)23/h5-12,15,24H,13-14H2,1-4H3. The van der Waals surface area contributed by atoms with Crippen molar-refractivity contribution in [2.45, 2.75) is 38.0 Å². The zero-order valence-corrected chi connectivity index (χ0v) is 19.9. The van der Waals surface area contributed by atoms with E-state index >= 15 is 0 Å². The number of benzene rings is 2. The average molecular weight is 492 g/mol. The molecule has 1 heterocycles. The molecule has 0 unspecified atom stereocenters. The van der Waals surface area contributed by atoms with E-state index in [4.69, 9.17) is 0 Å². The molecule has 0 saturated heterocycles. The van der Waals surface area contributed by atoms with Gasteiger partial charge < -0.3 is 0 Å². The highest BCUT2D eigenvalue weighted by molar-refractivity contribution is 9.10. The van der Waals surface area contributed by atoms with Gasteiger partial charge in [0.15, 0.2) is 0 Å². The first-order chi connectivity index (χ1) is 14.1. The van der Waals surface area contributed by atoms with Crippen molar-refractivity contribution in [2.24, 2.45) is 7.05 Å². The molecular formula is C22H26BrN3O3S. The molecule has 1 aromatic heterocycles. The Kier molecular flexibility index (Phi) is 6.69. The molecule has 8 heteroatoms. The van der Waals surface area contributed by atoms with Gasteiger partial charge in [-0.25, -0.2) is 17.8 Å². The van der Waals surface area contributed by atoms with Crippen LogP contribution in [0.4, 0.5) is 0 Å². The smallest absolute Gasteiger partial charge is 0.275 e. The predicted octanol–water partition coefficient (Wildman–Crippen LogP) is 3.89. The highest BCUT2D eigenvalue weighted by Crippen LogP contribution is 2.19. The number of hydrogen-bond acceptors (Lipinski definition) is 3. The molecule has 0 bridgehead atoms. The van der Waals surface area contributed by atoms with Gasteiger partial charge in [0.2, 0.25) is 10.0 Å². The Morgan fingerprint density at radius 3 is 2.27 bits per heavy atom. The molecule has 30 heavy (non-hydrogen) atoms. The van der Waals surface area contributed by atoms with Crippen LogP contribution in [-0.4, -0.2) is 24.3 Å². The van der Waals surface area contributed by atoms with Crippen molar-refractivity contribution in [1.82, 2.24) is 14.1 Å². The second-order valence-electron chi connectivity index (χ2n) is 7.53. The van der Waals surface area contributed by atoms with E-state index in [2.05, 4.69) is 20.7 Å². The fraction of sp³-hybridized carbons (Fsp3) is 0.318. The van der Waals surface area contributed by atoms with Crippen molar-refractivity contribution in [1.29, 1.82) is 0 Å². The Bertz CT molecular complexity index is 1210. The van der Waals surface area contributed by atoms with E-state index in [9.17, 15) is 13.2 Å². The summed E-state index contributed by atoms with van der Waals surface area (Å²) < 4.78 is 32.2. The summed E-state index contributed by atoms with van der Waals surface area (Å²) in [5.41, 5.74) is 3.26. The van der Waals surface area contributed by atoms with E-state index in [0.717, 1.165) is 21.3 Å². The molecule has 160 valence electrons. The van der Waals surface area contributed by atoms with Crippen LogP contribution < -0.4 is 10.3 Å². The fourth-order valence-corrected chi connectivity index (χ4v) is 5.07. The second kappa shape index (κ2) is 8.91. The Balaban J connectivity index is 1.79. The first-order valence-corrected chi connectivity index (χ1v) is 12.0. The summed E-state index contributed by atoms with van der Waals surface area (Å²) in [4.78, 5) is 13.0. The summed E-state index contributed by atoms with van der Waals surface area (Å²) in [5.74, 6) is 0.110. The summed E-state index contributed by atoms with van der Waals surface area (Å²) in [6, 6.07) is 14.1. The van der Waals surface area contributed by atoms with Crippen LogP contribution in [0.25, 0.3) is 5.69 Å². The van der Waals surface area contributed by atoms with Crippen LogP contribution >= 0.6 is 15.9 Å². The largest absolute Gasteiger partial charge is 0.285 e. The maximum atomic E-state index is 12.8. The Morgan fingerprint density at radius 2 is 1.70 bits per heavy atom. The van der Waals surface area contributed by atoms with E-state index in [-0.39, 0.29) is 16.4 Å². The van der Waals surface area contributed by atoms with Gasteiger partial charge in [0.05, 0.1) is 10.6 Å². The molecule has 1 N–H and O–H groups in total. The first kappa shape index (κ1) is 22.5. The molecule has 0 aliphatic rings. The number of nitrogens with zero attached hydrogens (tertiary/aromatic N) is 2. The molecule has 0 aliphatic carbocycles. The van der Waals surface area contributed by atoms with Gasteiger partial charge in [-0.2, -0.15) is 0 Å². The molecular weight excluding hydrogens is 466 g/mol. The highest BCUT2D eigenvalue weighted by Gasteiger charge is 2.19. The van der Waals surface area contributed by atoms with Crippen molar-refractivity contribution < 1.29 is 8.42 Å². The zero-order chi connectivity index (χ0) is 22.1. The molecule has 3 aromatic rings. The van der Waals surface area contributed by atoms with Crippen molar-refractivity contribution in [3.63, 3.8) is 0 Å². The molecule has 0 radical (unpaired) electrons. The maximum Gasteiger partial charge on any atom is 0.275 e. The number of nitrogens with one attached hydrogen (secondary N) is 1. The zero-order valence-electron chi connectivity index (χ0n) is 17.5. The number of sulfonamides is 1. The monoisotopic (exact) mass is 491 g/mol. The highest BCUT2D eigenvalue weighted by atomic mass is 79.9. The fourth-order valence-electron chi connectivity index (χ4n) is 3.56. The third kappa shape index (κ3) is 4.45. The minimum atomic E-state index is -3.64. The number of rotatable bonds is 7. The molecule has 0 fully saturated rings. The molecule has 0 amide bonds. The lowest BCUT2D eigenvalue weighted by Gasteiger charge is -2.11. The first-order valence-electron chi connectivity index (χ1n) is 9.75. The van der Waals surface area contributed by atoms with Gasteiger partial charge in [-0.05, 0) is 55.2 Å². The van der Waals surface area contributed by atoms with Crippen molar-refractivity contribution in [3.8, 4) is 5.69 Å². The van der Waals surface area contributed by atoms with Crippen molar-refractivity contribution in [2.75, 3.05) is 6.54 Å². The van der Waals surface area contributed by atoms with E-state index in [0.29, 0.717) is 18.7 Å². The molecule has 2 aromatic carbocycles. The lowest BCUT2D eigenvalue weighted by atomic mass is 10.0. The minimum Gasteiger partial charge on any atom is -0.285 e. The summed E-state index contributed by atoms with van der Waals surface area (Å²) in [5, 5.41) is 0. The molecule has 0 atom stereocenters. The van der Waals surface area contributed by atoms with Gasteiger partial charge in [-0.3, -0.25) is 9.48 Å². The van der Waals surface area contributed by atoms with Crippen LogP contribution in [0.5, 0.6) is 0 Å². The molecule has 0 aliphatic heterocycles. The van der Waals surface area contributed by atoms with Crippen LogP contribution in [0.15, 0.2) is 62.7 Å². The summed E-state index contributed by atoms with van der Waals surface area (Å²) in [6.45, 7) is 6.19. The molecule has 0 saturated carbocycles. The van der Waals surface area contributed by atoms with Gasteiger partial charge >= 0.3 is 0 Å². The Morgan fingerprint density at radius 1 is 1.07 bits per heavy atom. The van der Waals surface area contributed by atoms with Crippen molar-refractivity contribution >= 4 is 26.0 Å². The summed E-state index contributed by atoms with van der Waals surface area (Å²) in [6.07, 6.45) is 0.578. The number of halogens is 1. The number of aromatic nitrogens is 2. The van der Waals surface area contributed by atoms with Gasteiger partial charge in [0.25, 0.3) is 5.56 Å². The van der Waals surface area contributed by atoms with E-state index in [1.807, 2.05) is 52.1 Å². The maximum absolute atomic E-state index is 12.8. The second-order valence-corrected chi connectivity index (χ2v) is 10.1. The summed E-state index contributed by atoms with van der Waals surface area (Å²) >= 11 is 3.47. The Labute approximate surface area is 185 Å². The summed E-state index contributed by atoms with van der Waals surface area (Å²) in [7, 11) is -1.81. The lowest BCUT2D eigenvalue weighted by molar-refractivity contribution is 0.581. The Hall–Kier alpha value is -2.16. The van der Waals surface area contributed by atoms with Crippen LogP contribution in [0.1, 0.15) is 36.6 Å². The molecule has 0 spiro atoms.